The molecule has 3 heteroatoms. The van der Waals surface area contributed by atoms with Gasteiger partial charge in [0, 0.05) is 10.4 Å². The third-order valence-electron chi connectivity index (χ3n) is 1.87. The Balaban J connectivity index is 2.55. The first-order valence-electron chi connectivity index (χ1n) is 4.23. The molecule has 0 aliphatic rings. The highest BCUT2D eigenvalue weighted by Crippen LogP contribution is 2.20. The molecule has 0 spiro atoms. The smallest absolute Gasteiger partial charge is 0.0790 e. The number of halogens is 2. The lowest BCUT2D eigenvalue weighted by Crippen LogP contribution is -1.97. The van der Waals surface area contributed by atoms with E-state index in [2.05, 4.69) is 15.9 Å². The normalized spacial score (nSPS) is 12.8. The number of aliphatic hydroxyl groups excluding tert-OH is 1. The molecular weight excluding hydrogens is 251 g/mol. The van der Waals surface area contributed by atoms with Crippen LogP contribution in [-0.2, 0) is 0 Å². The molecule has 0 heterocycles. The lowest BCUT2D eigenvalue weighted by Gasteiger charge is -2.09. The van der Waals surface area contributed by atoms with Crippen LogP contribution in [0.5, 0.6) is 0 Å². The molecule has 1 nitrogen and oxygen atoms in total. The van der Waals surface area contributed by atoms with Gasteiger partial charge in [-0.15, -0.1) is 11.6 Å². The van der Waals surface area contributed by atoms with E-state index >= 15 is 0 Å². The molecule has 0 unspecified atom stereocenters. The van der Waals surface area contributed by atoms with Crippen molar-refractivity contribution in [2.45, 2.75) is 18.9 Å². The standard InChI is InChI=1S/C10H12BrClO/c11-9-5-3-8(4-6-9)10(13)2-1-7-12/h3-6,10,13H,1-2,7H2/t10-/m0/s1. The second-order valence-electron chi connectivity index (χ2n) is 2.90. The first-order chi connectivity index (χ1) is 6.24. The molecule has 13 heavy (non-hydrogen) atoms. The Morgan fingerprint density at radius 3 is 2.46 bits per heavy atom. The Labute approximate surface area is 91.9 Å². The Morgan fingerprint density at radius 1 is 1.31 bits per heavy atom. The molecule has 0 bridgehead atoms. The van der Waals surface area contributed by atoms with E-state index in [9.17, 15) is 5.11 Å². The highest BCUT2D eigenvalue weighted by atomic mass is 79.9. The molecule has 0 aliphatic carbocycles. The van der Waals surface area contributed by atoms with E-state index in [0.29, 0.717) is 5.88 Å². The van der Waals surface area contributed by atoms with E-state index in [1.165, 1.54) is 0 Å². The van der Waals surface area contributed by atoms with Crippen LogP contribution in [0.25, 0.3) is 0 Å². The van der Waals surface area contributed by atoms with Gasteiger partial charge in [0.2, 0.25) is 0 Å². The summed E-state index contributed by atoms with van der Waals surface area (Å²) in [6.45, 7) is 0. The van der Waals surface area contributed by atoms with Gasteiger partial charge < -0.3 is 5.11 Å². The summed E-state index contributed by atoms with van der Waals surface area (Å²) >= 11 is 8.88. The van der Waals surface area contributed by atoms with Crippen molar-refractivity contribution in [3.8, 4) is 0 Å². The van der Waals surface area contributed by atoms with E-state index in [1.807, 2.05) is 24.3 Å². The van der Waals surface area contributed by atoms with Gasteiger partial charge in [-0.2, -0.15) is 0 Å². The van der Waals surface area contributed by atoms with E-state index in [-0.39, 0.29) is 6.10 Å². The van der Waals surface area contributed by atoms with Gasteiger partial charge in [-0.1, -0.05) is 28.1 Å². The van der Waals surface area contributed by atoms with Crippen LogP contribution in [0.3, 0.4) is 0 Å². The molecule has 0 saturated heterocycles. The van der Waals surface area contributed by atoms with E-state index in [4.69, 9.17) is 11.6 Å². The molecule has 0 amide bonds. The number of hydrogen-bond acceptors (Lipinski definition) is 1. The van der Waals surface area contributed by atoms with Gasteiger partial charge in [-0.25, -0.2) is 0 Å². The summed E-state index contributed by atoms with van der Waals surface area (Å²) < 4.78 is 1.03. The molecule has 1 aromatic rings. The predicted molar refractivity (Wildman–Crippen MR) is 59.1 cm³/mol. The Kier molecular flexibility index (Phi) is 4.78. The molecule has 1 aromatic carbocycles. The van der Waals surface area contributed by atoms with Gasteiger partial charge in [0.15, 0.2) is 0 Å². The molecule has 0 fully saturated rings. The number of hydrogen-bond donors (Lipinski definition) is 1. The summed E-state index contributed by atoms with van der Waals surface area (Å²) in [5, 5.41) is 9.67. The number of alkyl halides is 1. The average Bonchev–Trinajstić information content (AvgIpc) is 2.15. The summed E-state index contributed by atoms with van der Waals surface area (Å²) in [5.41, 5.74) is 0.952. The lowest BCUT2D eigenvalue weighted by atomic mass is 10.1. The molecule has 1 rings (SSSR count). The van der Waals surface area contributed by atoms with E-state index in [0.717, 1.165) is 22.9 Å². The van der Waals surface area contributed by atoms with E-state index in [1.54, 1.807) is 0 Å². The second kappa shape index (κ2) is 5.63. The molecule has 0 aliphatic heterocycles. The van der Waals surface area contributed by atoms with Crippen LogP contribution < -0.4 is 0 Å². The number of aliphatic hydroxyl groups is 1. The summed E-state index contributed by atoms with van der Waals surface area (Å²) in [7, 11) is 0. The van der Waals surface area contributed by atoms with Crippen molar-refractivity contribution >= 4 is 27.5 Å². The van der Waals surface area contributed by atoms with E-state index < -0.39 is 0 Å². The van der Waals surface area contributed by atoms with Crippen molar-refractivity contribution in [2.24, 2.45) is 0 Å². The zero-order valence-electron chi connectivity index (χ0n) is 7.21. The van der Waals surface area contributed by atoms with Gasteiger partial charge in [-0.05, 0) is 30.5 Å². The third kappa shape index (κ3) is 3.67. The zero-order chi connectivity index (χ0) is 9.68. The molecule has 0 aromatic heterocycles. The van der Waals surface area contributed by atoms with Gasteiger partial charge in [0.1, 0.15) is 0 Å². The Bertz CT molecular complexity index is 248. The highest BCUT2D eigenvalue weighted by Gasteiger charge is 2.05. The fraction of sp³-hybridized carbons (Fsp3) is 0.400. The summed E-state index contributed by atoms with van der Waals surface area (Å²) in [6, 6.07) is 7.70. The Hall–Kier alpha value is -0.0500. The van der Waals surface area contributed by atoms with Crippen LogP contribution in [0.1, 0.15) is 24.5 Å². The van der Waals surface area contributed by atoms with Crippen molar-refractivity contribution < 1.29 is 5.11 Å². The third-order valence-corrected chi connectivity index (χ3v) is 2.66. The van der Waals surface area contributed by atoms with Crippen LogP contribution in [0.4, 0.5) is 0 Å². The fourth-order valence-electron chi connectivity index (χ4n) is 1.12. The molecule has 0 saturated carbocycles. The monoisotopic (exact) mass is 262 g/mol. The molecule has 1 atom stereocenters. The first-order valence-corrected chi connectivity index (χ1v) is 5.56. The maximum Gasteiger partial charge on any atom is 0.0790 e. The lowest BCUT2D eigenvalue weighted by molar-refractivity contribution is 0.167. The molecule has 0 radical (unpaired) electrons. The largest absolute Gasteiger partial charge is 0.388 e. The minimum atomic E-state index is -0.383. The summed E-state index contributed by atoms with van der Waals surface area (Å²) in [4.78, 5) is 0. The Morgan fingerprint density at radius 2 is 1.92 bits per heavy atom. The maximum absolute atomic E-state index is 9.67. The van der Waals surface area contributed by atoms with Crippen molar-refractivity contribution in [3.63, 3.8) is 0 Å². The van der Waals surface area contributed by atoms with Crippen LogP contribution in [0.15, 0.2) is 28.7 Å². The van der Waals surface area contributed by atoms with Gasteiger partial charge >= 0.3 is 0 Å². The summed E-state index contributed by atoms with van der Waals surface area (Å²) in [5.74, 6) is 0.605. The van der Waals surface area contributed by atoms with Crippen LogP contribution in [-0.4, -0.2) is 11.0 Å². The molecule has 72 valence electrons. The van der Waals surface area contributed by atoms with Crippen molar-refractivity contribution in [3.05, 3.63) is 34.3 Å². The van der Waals surface area contributed by atoms with Gasteiger partial charge in [0.25, 0.3) is 0 Å². The molecular formula is C10H12BrClO. The van der Waals surface area contributed by atoms with Crippen LogP contribution in [0.2, 0.25) is 0 Å². The van der Waals surface area contributed by atoms with Crippen LogP contribution in [0, 0.1) is 0 Å². The average molecular weight is 264 g/mol. The SMILES string of the molecule is O[C@@H](CCCCl)c1ccc(Br)cc1. The van der Waals surface area contributed by atoms with Crippen molar-refractivity contribution in [1.82, 2.24) is 0 Å². The van der Waals surface area contributed by atoms with Gasteiger partial charge in [-0.3, -0.25) is 0 Å². The van der Waals surface area contributed by atoms with Crippen molar-refractivity contribution in [1.29, 1.82) is 0 Å². The number of benzene rings is 1. The van der Waals surface area contributed by atoms with Crippen molar-refractivity contribution in [2.75, 3.05) is 5.88 Å². The minimum Gasteiger partial charge on any atom is -0.388 e. The first kappa shape index (κ1) is 11.0. The quantitative estimate of drug-likeness (QED) is 0.824. The second-order valence-corrected chi connectivity index (χ2v) is 4.19. The minimum absolute atomic E-state index is 0.383. The summed E-state index contributed by atoms with van der Waals surface area (Å²) in [6.07, 6.45) is 1.19. The number of rotatable bonds is 4. The maximum atomic E-state index is 9.67. The van der Waals surface area contributed by atoms with Crippen LogP contribution >= 0.6 is 27.5 Å². The zero-order valence-corrected chi connectivity index (χ0v) is 9.55. The highest BCUT2D eigenvalue weighted by molar-refractivity contribution is 9.10. The molecule has 1 N–H and O–H groups in total. The fourth-order valence-corrected chi connectivity index (χ4v) is 1.54. The van der Waals surface area contributed by atoms with Gasteiger partial charge in [0.05, 0.1) is 6.10 Å². The topological polar surface area (TPSA) is 20.2 Å². The predicted octanol–water partition coefficient (Wildman–Crippen LogP) is 3.50.